The quantitative estimate of drug-likeness (QED) is 0.272. The highest BCUT2D eigenvalue weighted by atomic mass is 127. The van der Waals surface area contributed by atoms with Crippen molar-refractivity contribution >= 4 is 29.9 Å². The molecule has 0 amide bonds. The Morgan fingerprint density at radius 1 is 1.07 bits per heavy atom. The van der Waals surface area contributed by atoms with Crippen LogP contribution in [0, 0.1) is 0 Å². The Morgan fingerprint density at radius 2 is 1.69 bits per heavy atom. The maximum Gasteiger partial charge on any atom is 0.191 e. The number of guanidine groups is 1. The number of nitrogens with one attached hydrogen (secondary N) is 2. The molecule has 0 saturated carbocycles. The highest BCUT2D eigenvalue weighted by Crippen LogP contribution is 2.26. The molecule has 0 aliphatic rings. The second kappa shape index (κ2) is 12.5. The van der Waals surface area contributed by atoms with Gasteiger partial charge in [-0.05, 0) is 38.5 Å². The Bertz CT molecular complexity index is 754. The van der Waals surface area contributed by atoms with Gasteiger partial charge in [0.25, 0.3) is 0 Å². The number of halogens is 1. The van der Waals surface area contributed by atoms with Crippen molar-refractivity contribution in [2.45, 2.75) is 32.5 Å². The summed E-state index contributed by atoms with van der Waals surface area (Å²) in [7, 11) is 1.62. The van der Waals surface area contributed by atoms with Crippen LogP contribution in [-0.2, 0) is 5.60 Å². The highest BCUT2D eigenvalue weighted by molar-refractivity contribution is 14.0. The van der Waals surface area contributed by atoms with Crippen molar-refractivity contribution in [3.05, 3.63) is 60.2 Å². The molecule has 0 radical (unpaired) electrons. The van der Waals surface area contributed by atoms with Gasteiger partial charge in [-0.2, -0.15) is 0 Å². The molecule has 0 heterocycles. The van der Waals surface area contributed by atoms with Crippen LogP contribution in [0.15, 0.2) is 59.6 Å². The summed E-state index contributed by atoms with van der Waals surface area (Å²) in [5.74, 6) is 2.04. The fraction of sp³-hybridized carbons (Fsp3) is 0.409. The summed E-state index contributed by atoms with van der Waals surface area (Å²) in [6.07, 6.45) is -0.102. The monoisotopic (exact) mass is 513 g/mol. The van der Waals surface area contributed by atoms with Crippen LogP contribution in [0.4, 0.5) is 0 Å². The van der Waals surface area contributed by atoms with Gasteiger partial charge in [-0.1, -0.05) is 42.5 Å². The van der Waals surface area contributed by atoms with Crippen molar-refractivity contribution < 1.29 is 14.6 Å². The molecule has 0 bridgehead atoms. The number of benzene rings is 2. The van der Waals surface area contributed by atoms with Gasteiger partial charge in [0, 0.05) is 6.54 Å². The number of para-hydroxylation sites is 2. The van der Waals surface area contributed by atoms with Crippen LogP contribution in [0.2, 0.25) is 0 Å². The molecule has 2 aromatic rings. The summed E-state index contributed by atoms with van der Waals surface area (Å²) in [4.78, 5) is 4.54. The van der Waals surface area contributed by atoms with Crippen LogP contribution in [0.5, 0.6) is 11.5 Å². The van der Waals surface area contributed by atoms with E-state index in [9.17, 15) is 5.11 Å². The Morgan fingerprint density at radius 3 is 2.31 bits per heavy atom. The zero-order chi connectivity index (χ0) is 20.4. The Labute approximate surface area is 190 Å². The first-order chi connectivity index (χ1) is 13.5. The fourth-order valence-electron chi connectivity index (χ4n) is 2.68. The molecule has 2 atom stereocenters. The van der Waals surface area contributed by atoms with Gasteiger partial charge in [0.2, 0.25) is 0 Å². The van der Waals surface area contributed by atoms with E-state index in [0.717, 1.165) is 12.1 Å². The zero-order valence-electron chi connectivity index (χ0n) is 17.5. The van der Waals surface area contributed by atoms with Gasteiger partial charge < -0.3 is 25.2 Å². The first-order valence-electron chi connectivity index (χ1n) is 9.56. The van der Waals surface area contributed by atoms with Crippen LogP contribution < -0.4 is 20.1 Å². The molecule has 160 valence electrons. The predicted octanol–water partition coefficient (Wildman–Crippen LogP) is 3.54. The molecule has 3 N–H and O–H groups in total. The first-order valence-corrected chi connectivity index (χ1v) is 9.56. The van der Waals surface area contributed by atoms with E-state index in [0.29, 0.717) is 24.0 Å². The van der Waals surface area contributed by atoms with Gasteiger partial charge >= 0.3 is 0 Å². The second-order valence-electron chi connectivity index (χ2n) is 6.80. The number of rotatable bonds is 9. The molecule has 0 aliphatic heterocycles. The van der Waals surface area contributed by atoms with E-state index >= 15 is 0 Å². The molecule has 2 unspecified atom stereocenters. The van der Waals surface area contributed by atoms with Crippen molar-refractivity contribution in [1.29, 1.82) is 0 Å². The summed E-state index contributed by atoms with van der Waals surface area (Å²) in [5.41, 5.74) is -0.203. The van der Waals surface area contributed by atoms with Crippen LogP contribution in [0.1, 0.15) is 26.3 Å². The number of nitrogens with zero attached hydrogens (tertiary/aromatic N) is 1. The van der Waals surface area contributed by atoms with Crippen molar-refractivity contribution in [2.75, 3.05) is 26.7 Å². The second-order valence-corrected chi connectivity index (χ2v) is 6.80. The lowest BCUT2D eigenvalue weighted by Gasteiger charge is -2.23. The minimum atomic E-state index is -1.04. The maximum absolute atomic E-state index is 10.7. The normalized spacial score (nSPS) is 14.2. The van der Waals surface area contributed by atoms with E-state index < -0.39 is 5.60 Å². The molecule has 2 aromatic carbocycles. The van der Waals surface area contributed by atoms with E-state index in [-0.39, 0.29) is 36.6 Å². The molecular weight excluding hydrogens is 481 g/mol. The zero-order valence-corrected chi connectivity index (χ0v) is 19.8. The van der Waals surface area contributed by atoms with Gasteiger partial charge in [0.15, 0.2) is 17.5 Å². The van der Waals surface area contributed by atoms with Crippen LogP contribution in [0.3, 0.4) is 0 Å². The fourth-order valence-corrected chi connectivity index (χ4v) is 2.68. The molecule has 29 heavy (non-hydrogen) atoms. The lowest BCUT2D eigenvalue weighted by atomic mass is 9.96. The summed E-state index contributed by atoms with van der Waals surface area (Å²) >= 11 is 0. The average molecular weight is 513 g/mol. The van der Waals surface area contributed by atoms with Gasteiger partial charge in [-0.25, -0.2) is 4.99 Å². The van der Waals surface area contributed by atoms with Gasteiger partial charge in [-0.3, -0.25) is 0 Å². The molecular formula is C22H32IN3O3. The number of hydrogen-bond acceptors (Lipinski definition) is 4. The lowest BCUT2D eigenvalue weighted by Crippen LogP contribution is -2.42. The van der Waals surface area contributed by atoms with Crippen LogP contribution >= 0.6 is 24.0 Å². The Hall–Kier alpha value is -2.00. The van der Waals surface area contributed by atoms with Gasteiger partial charge in [0.05, 0.1) is 20.2 Å². The number of aliphatic imine (C=N–C) groups is 1. The first kappa shape index (κ1) is 25.0. The molecule has 0 aromatic heterocycles. The number of methoxy groups -OCH3 is 1. The van der Waals surface area contributed by atoms with Gasteiger partial charge in [0.1, 0.15) is 11.7 Å². The summed E-state index contributed by atoms with van der Waals surface area (Å²) in [5, 5.41) is 17.2. The Balaban J connectivity index is 0.00000420. The largest absolute Gasteiger partial charge is 0.493 e. The molecule has 2 rings (SSSR count). The number of hydrogen-bond donors (Lipinski definition) is 3. The van der Waals surface area contributed by atoms with Crippen LogP contribution in [-0.4, -0.2) is 43.9 Å². The predicted molar refractivity (Wildman–Crippen MR) is 128 cm³/mol. The highest BCUT2D eigenvalue weighted by Gasteiger charge is 2.22. The third-order valence-corrected chi connectivity index (χ3v) is 4.24. The van der Waals surface area contributed by atoms with E-state index in [1.165, 1.54) is 0 Å². The smallest absolute Gasteiger partial charge is 0.191 e. The van der Waals surface area contributed by atoms with E-state index in [1.807, 2.05) is 68.4 Å². The number of ether oxygens (including phenoxy) is 2. The maximum atomic E-state index is 10.7. The summed E-state index contributed by atoms with van der Waals surface area (Å²) < 4.78 is 11.3. The minimum absolute atomic E-state index is 0. The molecule has 6 nitrogen and oxygen atoms in total. The molecule has 0 aliphatic carbocycles. The van der Waals surface area contributed by atoms with E-state index in [1.54, 1.807) is 14.0 Å². The van der Waals surface area contributed by atoms with Crippen molar-refractivity contribution in [1.82, 2.24) is 10.6 Å². The standard InChI is InChI=1S/C22H31N3O3.HI/c1-5-23-21(25-16-22(3,26)18-11-7-6-8-12-18)24-15-17(2)28-20-14-10-9-13-19(20)27-4;/h6-14,17,26H,5,15-16H2,1-4H3,(H2,23,24,25);1H. The van der Waals surface area contributed by atoms with Crippen molar-refractivity contribution in [3.63, 3.8) is 0 Å². The molecule has 0 spiro atoms. The summed E-state index contributed by atoms with van der Waals surface area (Å²) in [6.45, 7) is 7.26. The summed E-state index contributed by atoms with van der Waals surface area (Å²) in [6, 6.07) is 17.1. The molecule has 0 fully saturated rings. The molecule has 7 heteroatoms. The lowest BCUT2D eigenvalue weighted by molar-refractivity contribution is 0.0672. The van der Waals surface area contributed by atoms with Crippen molar-refractivity contribution in [2.24, 2.45) is 4.99 Å². The van der Waals surface area contributed by atoms with E-state index in [4.69, 9.17) is 9.47 Å². The molecule has 0 saturated heterocycles. The SMILES string of the molecule is CCNC(=NCC(C)(O)c1ccccc1)NCC(C)Oc1ccccc1OC.I. The van der Waals surface area contributed by atoms with Gasteiger partial charge in [-0.15, -0.1) is 24.0 Å². The topological polar surface area (TPSA) is 75.1 Å². The Kier molecular flexibility index (Phi) is 10.8. The van der Waals surface area contributed by atoms with Crippen LogP contribution in [0.25, 0.3) is 0 Å². The van der Waals surface area contributed by atoms with Crippen molar-refractivity contribution in [3.8, 4) is 11.5 Å². The van der Waals surface area contributed by atoms with E-state index in [2.05, 4.69) is 15.6 Å². The average Bonchev–Trinajstić information content (AvgIpc) is 2.71. The third kappa shape index (κ3) is 8.10. The third-order valence-electron chi connectivity index (χ3n) is 4.24. The number of aliphatic hydroxyl groups is 1. The minimum Gasteiger partial charge on any atom is -0.493 e.